The summed E-state index contributed by atoms with van der Waals surface area (Å²) in [6.45, 7) is 1.46. The number of carbonyl (C=O) groups excluding carboxylic acids is 2. The van der Waals surface area contributed by atoms with E-state index < -0.39 is 0 Å². The van der Waals surface area contributed by atoms with Gasteiger partial charge in [0.2, 0.25) is 11.8 Å². The number of likely N-dealkylation sites (N-methyl/N-ethyl adjacent to an activating group) is 1. The fourth-order valence-electron chi connectivity index (χ4n) is 2.44. The van der Waals surface area contributed by atoms with Crippen LogP contribution in [0.25, 0.3) is 0 Å². The summed E-state index contributed by atoms with van der Waals surface area (Å²) in [7, 11) is 1.81. The number of thioether (sulfide) groups is 1. The van der Waals surface area contributed by atoms with Crippen molar-refractivity contribution in [1.29, 1.82) is 0 Å². The Kier molecular flexibility index (Phi) is 8.08. The van der Waals surface area contributed by atoms with Crippen LogP contribution in [0.4, 0.5) is 5.69 Å². The van der Waals surface area contributed by atoms with E-state index in [4.69, 9.17) is 4.74 Å². The molecule has 1 atom stereocenters. The minimum absolute atomic E-state index is 0.0533. The number of carbonyl (C=O) groups is 2. The fourth-order valence-corrected chi connectivity index (χ4v) is 3.43. The number of ether oxygens (including phenoxy) is 1. The predicted octanol–water partition coefficient (Wildman–Crippen LogP) is 3.15. The number of nitrogens with one attached hydrogen (secondary N) is 1. The summed E-state index contributed by atoms with van der Waals surface area (Å²) in [6.07, 6.45) is 2.74. The maximum Gasteiger partial charge on any atom is 0.234 e. The molecule has 0 saturated carbocycles. The molecule has 5 nitrogen and oxygen atoms in total. The zero-order chi connectivity index (χ0) is 17.4. The molecular weight excluding hydrogens is 392 g/mol. The second kappa shape index (κ2) is 10.1. The van der Waals surface area contributed by atoms with Gasteiger partial charge in [0.05, 0.1) is 11.9 Å². The number of nitrogens with zero attached hydrogens (tertiary/aromatic N) is 1. The molecule has 1 aromatic rings. The average Bonchev–Trinajstić information content (AvgIpc) is 3.06. The largest absolute Gasteiger partial charge is 0.376 e. The Hall–Kier alpha value is -1.05. The first-order valence-electron chi connectivity index (χ1n) is 8.03. The number of halogens is 1. The minimum Gasteiger partial charge on any atom is -0.376 e. The number of benzene rings is 1. The Labute approximate surface area is 155 Å². The number of anilines is 1. The highest BCUT2D eigenvalue weighted by Crippen LogP contribution is 2.15. The fraction of sp³-hybridized carbons (Fsp3) is 0.529. The van der Waals surface area contributed by atoms with Crippen molar-refractivity contribution in [2.75, 3.05) is 37.0 Å². The standard InChI is InChI=1S/C17H23BrN2O3S/c1-20(11-15-3-2-9-23-15)17(22)8-10-24-12-16(21)19-14-6-4-13(18)5-7-14/h4-7,15H,2-3,8-12H2,1H3,(H,19,21). The molecule has 0 aromatic heterocycles. The molecule has 0 aliphatic carbocycles. The Morgan fingerprint density at radius 3 is 2.79 bits per heavy atom. The van der Waals surface area contributed by atoms with Gasteiger partial charge in [-0.05, 0) is 37.1 Å². The van der Waals surface area contributed by atoms with Crippen LogP contribution in [0.1, 0.15) is 19.3 Å². The molecule has 1 aliphatic heterocycles. The molecule has 0 bridgehead atoms. The Morgan fingerprint density at radius 2 is 2.12 bits per heavy atom. The van der Waals surface area contributed by atoms with E-state index in [9.17, 15) is 9.59 Å². The summed E-state index contributed by atoms with van der Waals surface area (Å²) in [5, 5.41) is 2.84. The highest BCUT2D eigenvalue weighted by molar-refractivity contribution is 9.10. The summed E-state index contributed by atoms with van der Waals surface area (Å²) in [4.78, 5) is 25.6. The molecule has 1 aliphatic rings. The third-order valence-corrected chi connectivity index (χ3v) is 5.24. The van der Waals surface area contributed by atoms with Crippen molar-refractivity contribution in [2.24, 2.45) is 0 Å². The zero-order valence-electron chi connectivity index (χ0n) is 13.8. The van der Waals surface area contributed by atoms with Crippen molar-refractivity contribution in [3.8, 4) is 0 Å². The monoisotopic (exact) mass is 414 g/mol. The molecule has 1 N–H and O–H groups in total. The molecule has 2 rings (SSSR count). The van der Waals surface area contributed by atoms with Crippen LogP contribution in [0, 0.1) is 0 Å². The Morgan fingerprint density at radius 1 is 1.38 bits per heavy atom. The number of hydrogen-bond donors (Lipinski definition) is 1. The summed E-state index contributed by atoms with van der Waals surface area (Å²) in [6, 6.07) is 7.45. The van der Waals surface area contributed by atoms with Crippen LogP contribution in [0.3, 0.4) is 0 Å². The van der Waals surface area contributed by atoms with Crippen molar-refractivity contribution in [3.05, 3.63) is 28.7 Å². The van der Waals surface area contributed by atoms with Crippen molar-refractivity contribution in [3.63, 3.8) is 0 Å². The van der Waals surface area contributed by atoms with Gasteiger partial charge in [0, 0.05) is 42.5 Å². The SMILES string of the molecule is CN(CC1CCCO1)C(=O)CCSCC(=O)Nc1ccc(Br)cc1. The van der Waals surface area contributed by atoms with E-state index in [2.05, 4.69) is 21.2 Å². The van der Waals surface area contributed by atoms with Gasteiger partial charge in [-0.3, -0.25) is 9.59 Å². The molecule has 1 aromatic carbocycles. The summed E-state index contributed by atoms with van der Waals surface area (Å²) in [5.74, 6) is 1.04. The third kappa shape index (κ3) is 6.83. The quantitative estimate of drug-likeness (QED) is 0.663. The lowest BCUT2D eigenvalue weighted by Crippen LogP contribution is -2.34. The van der Waals surface area contributed by atoms with Crippen LogP contribution in [0.2, 0.25) is 0 Å². The molecule has 7 heteroatoms. The third-order valence-electron chi connectivity index (χ3n) is 3.75. The maximum absolute atomic E-state index is 12.1. The topological polar surface area (TPSA) is 58.6 Å². The average molecular weight is 415 g/mol. The van der Waals surface area contributed by atoms with E-state index in [-0.39, 0.29) is 17.9 Å². The minimum atomic E-state index is -0.0533. The van der Waals surface area contributed by atoms with Gasteiger partial charge in [-0.1, -0.05) is 15.9 Å². The van der Waals surface area contributed by atoms with Crippen molar-refractivity contribution >= 4 is 45.2 Å². The molecule has 24 heavy (non-hydrogen) atoms. The van der Waals surface area contributed by atoms with Crippen LogP contribution in [0.15, 0.2) is 28.7 Å². The van der Waals surface area contributed by atoms with Gasteiger partial charge in [0.25, 0.3) is 0 Å². The first-order chi connectivity index (χ1) is 11.5. The van der Waals surface area contributed by atoms with E-state index in [1.165, 1.54) is 11.8 Å². The molecule has 1 unspecified atom stereocenters. The van der Waals surface area contributed by atoms with Crippen LogP contribution >= 0.6 is 27.7 Å². The molecule has 0 radical (unpaired) electrons. The van der Waals surface area contributed by atoms with E-state index in [0.717, 1.165) is 29.6 Å². The van der Waals surface area contributed by atoms with E-state index in [1.807, 2.05) is 31.3 Å². The molecule has 1 saturated heterocycles. The normalized spacial score (nSPS) is 16.8. The molecule has 1 fully saturated rings. The molecule has 132 valence electrons. The van der Waals surface area contributed by atoms with Gasteiger partial charge in [-0.2, -0.15) is 11.8 Å². The van der Waals surface area contributed by atoms with Crippen LogP contribution < -0.4 is 5.32 Å². The number of hydrogen-bond acceptors (Lipinski definition) is 4. The highest BCUT2D eigenvalue weighted by atomic mass is 79.9. The lowest BCUT2D eigenvalue weighted by Gasteiger charge is -2.20. The van der Waals surface area contributed by atoms with Gasteiger partial charge in [0.15, 0.2) is 0 Å². The van der Waals surface area contributed by atoms with Gasteiger partial charge in [-0.25, -0.2) is 0 Å². The lowest BCUT2D eigenvalue weighted by atomic mass is 10.2. The summed E-state index contributed by atoms with van der Waals surface area (Å²) < 4.78 is 6.51. The van der Waals surface area contributed by atoms with Crippen molar-refractivity contribution in [1.82, 2.24) is 4.90 Å². The van der Waals surface area contributed by atoms with Crippen LogP contribution in [-0.4, -0.2) is 54.5 Å². The van der Waals surface area contributed by atoms with Gasteiger partial charge < -0.3 is 15.0 Å². The van der Waals surface area contributed by atoms with Crippen molar-refractivity contribution in [2.45, 2.75) is 25.4 Å². The van der Waals surface area contributed by atoms with E-state index in [0.29, 0.717) is 24.5 Å². The first-order valence-corrected chi connectivity index (χ1v) is 9.98. The van der Waals surface area contributed by atoms with E-state index in [1.54, 1.807) is 4.90 Å². The first kappa shape index (κ1) is 19.3. The Balaban J connectivity index is 1.58. The van der Waals surface area contributed by atoms with Crippen molar-refractivity contribution < 1.29 is 14.3 Å². The molecule has 2 amide bonds. The lowest BCUT2D eigenvalue weighted by molar-refractivity contribution is -0.130. The zero-order valence-corrected chi connectivity index (χ0v) is 16.2. The summed E-state index contributed by atoms with van der Waals surface area (Å²) in [5.41, 5.74) is 0.774. The second-order valence-electron chi connectivity index (χ2n) is 5.77. The van der Waals surface area contributed by atoms with E-state index >= 15 is 0 Å². The maximum atomic E-state index is 12.1. The smallest absolute Gasteiger partial charge is 0.234 e. The second-order valence-corrected chi connectivity index (χ2v) is 7.79. The van der Waals surface area contributed by atoms with Crippen LogP contribution in [-0.2, 0) is 14.3 Å². The number of rotatable bonds is 8. The van der Waals surface area contributed by atoms with Gasteiger partial charge in [0.1, 0.15) is 0 Å². The molecule has 1 heterocycles. The predicted molar refractivity (Wildman–Crippen MR) is 101 cm³/mol. The highest BCUT2D eigenvalue weighted by Gasteiger charge is 2.19. The summed E-state index contributed by atoms with van der Waals surface area (Å²) >= 11 is 4.83. The molecular formula is C17H23BrN2O3S. The number of amides is 2. The Bertz CT molecular complexity index is 547. The van der Waals surface area contributed by atoms with Gasteiger partial charge >= 0.3 is 0 Å². The van der Waals surface area contributed by atoms with Crippen LogP contribution in [0.5, 0.6) is 0 Å². The molecule has 0 spiro atoms. The van der Waals surface area contributed by atoms with Gasteiger partial charge in [-0.15, -0.1) is 0 Å².